The molecule has 1 aliphatic heterocycles. The van der Waals surface area contributed by atoms with Crippen LogP contribution in [0, 0.1) is 0 Å². The Bertz CT molecular complexity index is 421. The summed E-state index contributed by atoms with van der Waals surface area (Å²) in [7, 11) is 0. The maximum absolute atomic E-state index is 4.31. The lowest BCUT2D eigenvalue weighted by molar-refractivity contribution is 0.244. The molecule has 1 N–H and O–H groups in total. The molecular weight excluding hydrogens is 256 g/mol. The van der Waals surface area contributed by atoms with Gasteiger partial charge in [-0.3, -0.25) is 9.80 Å². The third-order valence-electron chi connectivity index (χ3n) is 3.60. The average molecular weight is 276 g/mol. The molecule has 2 aromatic rings. The van der Waals surface area contributed by atoms with E-state index in [1.165, 1.54) is 25.1 Å². The fraction of sp³-hybridized carbons (Fsp3) is 0.500. The van der Waals surface area contributed by atoms with E-state index in [1.807, 2.05) is 12.4 Å². The molecule has 102 valence electrons. The molecule has 1 aliphatic rings. The maximum Gasteiger partial charge on any atom is 0.120 e. The minimum absolute atomic E-state index is 0.944. The van der Waals surface area contributed by atoms with Gasteiger partial charge < -0.3 is 4.98 Å². The molecule has 1 saturated heterocycles. The molecule has 3 heterocycles. The van der Waals surface area contributed by atoms with Crippen molar-refractivity contribution in [3.05, 3.63) is 40.6 Å². The summed E-state index contributed by atoms with van der Waals surface area (Å²) >= 11 is 1.79. The van der Waals surface area contributed by atoms with Crippen LogP contribution in [0.3, 0.4) is 0 Å². The van der Waals surface area contributed by atoms with Gasteiger partial charge in [0.15, 0.2) is 0 Å². The van der Waals surface area contributed by atoms with E-state index >= 15 is 0 Å². The van der Waals surface area contributed by atoms with Crippen molar-refractivity contribution in [1.82, 2.24) is 19.8 Å². The van der Waals surface area contributed by atoms with Gasteiger partial charge in [0.25, 0.3) is 0 Å². The van der Waals surface area contributed by atoms with E-state index in [2.05, 4.69) is 36.6 Å². The molecule has 19 heavy (non-hydrogen) atoms. The Kier molecular flexibility index (Phi) is 4.27. The van der Waals surface area contributed by atoms with Crippen LogP contribution >= 0.6 is 11.3 Å². The molecule has 5 heteroatoms. The van der Waals surface area contributed by atoms with E-state index in [0.717, 1.165) is 32.0 Å². The summed E-state index contributed by atoms with van der Waals surface area (Å²) in [6.07, 6.45) is 4.97. The third kappa shape index (κ3) is 3.65. The monoisotopic (exact) mass is 276 g/mol. The van der Waals surface area contributed by atoms with Crippen LogP contribution in [0.2, 0.25) is 0 Å². The number of hydrogen-bond acceptors (Lipinski definition) is 4. The lowest BCUT2D eigenvalue weighted by Gasteiger charge is -2.20. The Labute approximate surface area is 118 Å². The molecule has 0 amide bonds. The summed E-state index contributed by atoms with van der Waals surface area (Å²) in [6, 6.07) is 2.23. The lowest BCUT2D eigenvalue weighted by atomic mass is 10.3. The molecule has 0 aliphatic carbocycles. The summed E-state index contributed by atoms with van der Waals surface area (Å²) < 4.78 is 0. The minimum Gasteiger partial charge on any atom is -0.348 e. The van der Waals surface area contributed by atoms with Crippen LogP contribution in [0.4, 0.5) is 0 Å². The second-order valence-corrected chi connectivity index (χ2v) is 5.85. The van der Waals surface area contributed by atoms with Crippen LogP contribution in [0.15, 0.2) is 29.2 Å². The van der Waals surface area contributed by atoms with E-state index < -0.39 is 0 Å². The molecule has 3 rings (SSSR count). The fourth-order valence-corrected chi connectivity index (χ4v) is 3.24. The van der Waals surface area contributed by atoms with Gasteiger partial charge in [-0.05, 0) is 41.9 Å². The first-order chi connectivity index (χ1) is 9.40. The molecular formula is C14H20N4S. The SMILES string of the molecule is c1c[nH]c(CN2CCCN(Cc3ccsc3)CC2)n1. The molecule has 0 unspecified atom stereocenters. The molecule has 0 aromatic carbocycles. The summed E-state index contributed by atoms with van der Waals surface area (Å²) in [4.78, 5) is 12.6. The van der Waals surface area contributed by atoms with Crippen molar-refractivity contribution in [2.24, 2.45) is 0 Å². The number of rotatable bonds is 4. The third-order valence-corrected chi connectivity index (χ3v) is 4.33. The van der Waals surface area contributed by atoms with Crippen molar-refractivity contribution < 1.29 is 0 Å². The first kappa shape index (κ1) is 12.8. The molecule has 4 nitrogen and oxygen atoms in total. The number of H-pyrrole nitrogens is 1. The predicted molar refractivity (Wildman–Crippen MR) is 78.1 cm³/mol. The molecule has 0 bridgehead atoms. The second kappa shape index (κ2) is 6.32. The average Bonchev–Trinajstić information content (AvgIpc) is 3.04. The van der Waals surface area contributed by atoms with Gasteiger partial charge in [0, 0.05) is 32.0 Å². The van der Waals surface area contributed by atoms with Crippen LogP contribution in [0.5, 0.6) is 0 Å². The zero-order chi connectivity index (χ0) is 12.9. The van der Waals surface area contributed by atoms with Gasteiger partial charge in [0.05, 0.1) is 6.54 Å². The van der Waals surface area contributed by atoms with E-state index in [1.54, 1.807) is 11.3 Å². The van der Waals surface area contributed by atoms with E-state index in [-0.39, 0.29) is 0 Å². The first-order valence-corrected chi connectivity index (χ1v) is 7.78. The number of aromatic nitrogens is 2. The number of hydrogen-bond donors (Lipinski definition) is 1. The first-order valence-electron chi connectivity index (χ1n) is 6.84. The highest BCUT2D eigenvalue weighted by Crippen LogP contribution is 2.12. The van der Waals surface area contributed by atoms with Gasteiger partial charge in [0.2, 0.25) is 0 Å². The highest BCUT2D eigenvalue weighted by atomic mass is 32.1. The smallest absolute Gasteiger partial charge is 0.120 e. The zero-order valence-electron chi connectivity index (χ0n) is 11.1. The maximum atomic E-state index is 4.31. The molecule has 2 aromatic heterocycles. The lowest BCUT2D eigenvalue weighted by Crippen LogP contribution is -2.30. The van der Waals surface area contributed by atoms with Crippen LogP contribution in [0.25, 0.3) is 0 Å². The van der Waals surface area contributed by atoms with Gasteiger partial charge >= 0.3 is 0 Å². The van der Waals surface area contributed by atoms with Crippen molar-refractivity contribution in [3.8, 4) is 0 Å². The van der Waals surface area contributed by atoms with Crippen molar-refractivity contribution >= 4 is 11.3 Å². The zero-order valence-corrected chi connectivity index (χ0v) is 11.9. The number of imidazole rings is 1. The Morgan fingerprint density at radius 3 is 2.68 bits per heavy atom. The van der Waals surface area contributed by atoms with Gasteiger partial charge in [-0.1, -0.05) is 0 Å². The normalized spacial score (nSPS) is 18.5. The van der Waals surface area contributed by atoms with Gasteiger partial charge in [-0.15, -0.1) is 0 Å². The van der Waals surface area contributed by atoms with Crippen LogP contribution in [-0.4, -0.2) is 45.9 Å². The Balaban J connectivity index is 1.51. The predicted octanol–water partition coefficient (Wildman–Crippen LogP) is 2.18. The van der Waals surface area contributed by atoms with E-state index in [9.17, 15) is 0 Å². The van der Waals surface area contributed by atoms with Crippen molar-refractivity contribution in [1.29, 1.82) is 0 Å². The highest BCUT2D eigenvalue weighted by Gasteiger charge is 2.15. The van der Waals surface area contributed by atoms with E-state index in [4.69, 9.17) is 0 Å². The van der Waals surface area contributed by atoms with Crippen LogP contribution in [0.1, 0.15) is 17.8 Å². The second-order valence-electron chi connectivity index (χ2n) is 5.07. The number of thiophene rings is 1. The van der Waals surface area contributed by atoms with Crippen LogP contribution < -0.4 is 0 Å². The van der Waals surface area contributed by atoms with Crippen molar-refractivity contribution in [2.45, 2.75) is 19.5 Å². The molecule has 0 saturated carbocycles. The van der Waals surface area contributed by atoms with E-state index in [0.29, 0.717) is 0 Å². The Morgan fingerprint density at radius 2 is 2.00 bits per heavy atom. The van der Waals surface area contributed by atoms with Gasteiger partial charge in [-0.25, -0.2) is 4.98 Å². The quantitative estimate of drug-likeness (QED) is 0.929. The largest absolute Gasteiger partial charge is 0.348 e. The van der Waals surface area contributed by atoms with Crippen LogP contribution in [-0.2, 0) is 13.1 Å². The molecule has 0 atom stereocenters. The summed E-state index contributed by atoms with van der Waals surface area (Å²) in [5, 5.41) is 4.42. The molecule has 0 radical (unpaired) electrons. The topological polar surface area (TPSA) is 35.2 Å². The number of nitrogens with one attached hydrogen (secondary N) is 1. The number of nitrogens with zero attached hydrogens (tertiary/aromatic N) is 3. The standard InChI is InChI=1S/C14H20N4S/c1-5-17(10-13-2-9-19-12-13)7-8-18(6-1)11-14-15-3-4-16-14/h2-4,9,12H,1,5-8,10-11H2,(H,15,16). The number of aromatic amines is 1. The molecule has 1 fully saturated rings. The Hall–Kier alpha value is -1.17. The van der Waals surface area contributed by atoms with Crippen molar-refractivity contribution in [3.63, 3.8) is 0 Å². The molecule has 0 spiro atoms. The minimum atomic E-state index is 0.944. The Morgan fingerprint density at radius 1 is 1.16 bits per heavy atom. The van der Waals surface area contributed by atoms with Gasteiger partial charge in [0.1, 0.15) is 5.82 Å². The highest BCUT2D eigenvalue weighted by molar-refractivity contribution is 7.07. The van der Waals surface area contributed by atoms with Crippen molar-refractivity contribution in [2.75, 3.05) is 26.2 Å². The summed E-state index contributed by atoms with van der Waals surface area (Å²) in [5.74, 6) is 1.08. The summed E-state index contributed by atoms with van der Waals surface area (Å²) in [5.41, 5.74) is 1.45. The van der Waals surface area contributed by atoms with Gasteiger partial charge in [-0.2, -0.15) is 11.3 Å². The summed E-state index contributed by atoms with van der Waals surface area (Å²) in [6.45, 7) is 6.68. The fourth-order valence-electron chi connectivity index (χ4n) is 2.58.